The molecule has 1 atom stereocenters. The van der Waals surface area contributed by atoms with E-state index in [1.807, 2.05) is 0 Å². The van der Waals surface area contributed by atoms with E-state index in [9.17, 15) is 0 Å². The maximum atomic E-state index is 3.94. The van der Waals surface area contributed by atoms with E-state index >= 15 is 0 Å². The highest BCUT2D eigenvalue weighted by Gasteiger charge is 2.05. The molecule has 0 aliphatic carbocycles. The Morgan fingerprint density at radius 1 is 1.57 bits per heavy atom. The zero-order valence-corrected chi connectivity index (χ0v) is 4.61. The lowest BCUT2D eigenvalue weighted by molar-refractivity contribution is 0.436. The van der Waals surface area contributed by atoms with Gasteiger partial charge in [0.15, 0.2) is 0 Å². The lowest BCUT2D eigenvalue weighted by Crippen LogP contribution is -2.27. The summed E-state index contributed by atoms with van der Waals surface area (Å²) in [6, 6.07) is 0. The van der Waals surface area contributed by atoms with Crippen molar-refractivity contribution in [3.8, 4) is 0 Å². The topological polar surface area (TPSA) is 12.0 Å². The van der Waals surface area contributed by atoms with Crippen molar-refractivity contribution < 1.29 is 0 Å². The van der Waals surface area contributed by atoms with Gasteiger partial charge in [-0.05, 0) is 38.8 Å². The second-order valence-corrected chi connectivity index (χ2v) is 2.21. The average Bonchev–Trinajstić information content (AvgIpc) is 1.69. The van der Waals surface area contributed by atoms with Gasteiger partial charge in [0.2, 0.25) is 0 Å². The van der Waals surface area contributed by atoms with Gasteiger partial charge in [0.05, 0.1) is 0 Å². The van der Waals surface area contributed by atoms with Crippen LogP contribution in [0.4, 0.5) is 0 Å². The molecular weight excluding hydrogens is 86.1 g/mol. The Bertz CT molecular complexity index is 46.1. The molecular formula is C6H12N. The van der Waals surface area contributed by atoms with Crippen LogP contribution in [0.25, 0.3) is 0 Å². The Morgan fingerprint density at radius 3 is 2.71 bits per heavy atom. The van der Waals surface area contributed by atoms with Gasteiger partial charge in [-0.25, -0.2) is 0 Å². The minimum Gasteiger partial charge on any atom is -0.316 e. The monoisotopic (exact) mass is 98.1 g/mol. The second-order valence-electron chi connectivity index (χ2n) is 2.21. The van der Waals surface area contributed by atoms with Gasteiger partial charge in [-0.2, -0.15) is 0 Å². The Kier molecular flexibility index (Phi) is 1.69. The van der Waals surface area contributed by atoms with Crippen molar-refractivity contribution in [3.05, 3.63) is 6.92 Å². The van der Waals surface area contributed by atoms with Crippen LogP contribution in [0.1, 0.15) is 12.8 Å². The molecule has 1 N–H and O–H groups in total. The highest BCUT2D eigenvalue weighted by atomic mass is 14.9. The van der Waals surface area contributed by atoms with E-state index in [-0.39, 0.29) is 0 Å². The third kappa shape index (κ3) is 1.48. The number of rotatable bonds is 0. The molecule has 0 aromatic carbocycles. The van der Waals surface area contributed by atoms with Crippen molar-refractivity contribution in [2.24, 2.45) is 5.92 Å². The summed E-state index contributed by atoms with van der Waals surface area (Å²) in [5.41, 5.74) is 0. The average molecular weight is 98.2 g/mol. The molecule has 1 rings (SSSR count). The largest absolute Gasteiger partial charge is 0.316 e. The van der Waals surface area contributed by atoms with Crippen molar-refractivity contribution in [1.82, 2.24) is 5.32 Å². The van der Waals surface area contributed by atoms with Gasteiger partial charge in [0.1, 0.15) is 0 Å². The minimum absolute atomic E-state index is 0.675. The molecule has 1 aliphatic rings. The third-order valence-corrected chi connectivity index (χ3v) is 1.40. The van der Waals surface area contributed by atoms with Crippen LogP contribution in [0.2, 0.25) is 0 Å². The Hall–Kier alpha value is -0.0400. The standard InChI is InChI=1S/C6H12N/c1-6-3-2-4-7-5-6/h6-7H,1-5H2/t6-/m0/s1. The molecule has 0 aromatic heterocycles. The fourth-order valence-electron chi connectivity index (χ4n) is 0.924. The van der Waals surface area contributed by atoms with E-state index in [0.29, 0.717) is 5.92 Å². The predicted molar refractivity (Wildman–Crippen MR) is 31.0 cm³/mol. The molecule has 1 nitrogen and oxygen atoms in total. The van der Waals surface area contributed by atoms with Crippen LogP contribution in [0, 0.1) is 12.8 Å². The van der Waals surface area contributed by atoms with Gasteiger partial charge in [0, 0.05) is 0 Å². The van der Waals surface area contributed by atoms with E-state index in [0.717, 1.165) is 6.54 Å². The number of piperidine rings is 1. The molecule has 0 saturated carbocycles. The van der Waals surface area contributed by atoms with E-state index in [1.165, 1.54) is 19.4 Å². The second kappa shape index (κ2) is 2.31. The van der Waals surface area contributed by atoms with E-state index in [4.69, 9.17) is 0 Å². The first-order valence-electron chi connectivity index (χ1n) is 2.93. The van der Waals surface area contributed by atoms with Crippen LogP contribution >= 0.6 is 0 Å². The Labute approximate surface area is 45.1 Å². The molecule has 7 heavy (non-hydrogen) atoms. The molecule has 0 bridgehead atoms. The van der Waals surface area contributed by atoms with E-state index in [1.54, 1.807) is 0 Å². The number of nitrogens with one attached hydrogen (secondary N) is 1. The first-order valence-corrected chi connectivity index (χ1v) is 2.93. The van der Waals surface area contributed by atoms with Crippen molar-refractivity contribution in [2.75, 3.05) is 13.1 Å². The van der Waals surface area contributed by atoms with Gasteiger partial charge >= 0.3 is 0 Å². The van der Waals surface area contributed by atoms with Crippen molar-refractivity contribution in [1.29, 1.82) is 0 Å². The van der Waals surface area contributed by atoms with Crippen LogP contribution in [0.3, 0.4) is 0 Å². The molecule has 0 amide bonds. The molecule has 1 heteroatoms. The smallest absolute Gasteiger partial charge is 0.00205 e. The summed E-state index contributed by atoms with van der Waals surface area (Å²) in [5, 5.41) is 3.27. The van der Waals surface area contributed by atoms with Crippen LogP contribution in [-0.2, 0) is 0 Å². The molecule has 1 radical (unpaired) electrons. The van der Waals surface area contributed by atoms with Crippen LogP contribution < -0.4 is 5.32 Å². The van der Waals surface area contributed by atoms with Crippen LogP contribution in [0.5, 0.6) is 0 Å². The van der Waals surface area contributed by atoms with Gasteiger partial charge in [0.25, 0.3) is 0 Å². The summed E-state index contributed by atoms with van der Waals surface area (Å²) in [4.78, 5) is 0. The molecule has 1 aliphatic heterocycles. The van der Waals surface area contributed by atoms with Crippen molar-refractivity contribution in [3.63, 3.8) is 0 Å². The first kappa shape index (κ1) is 5.10. The van der Waals surface area contributed by atoms with Crippen molar-refractivity contribution >= 4 is 0 Å². The maximum Gasteiger partial charge on any atom is -0.00205 e. The summed E-state index contributed by atoms with van der Waals surface area (Å²) in [7, 11) is 0. The molecule has 0 unspecified atom stereocenters. The van der Waals surface area contributed by atoms with Gasteiger partial charge in [-0.3, -0.25) is 0 Å². The van der Waals surface area contributed by atoms with E-state index < -0.39 is 0 Å². The molecule has 1 fully saturated rings. The highest BCUT2D eigenvalue weighted by molar-refractivity contribution is 4.69. The summed E-state index contributed by atoms with van der Waals surface area (Å²) in [5.74, 6) is 0.675. The number of hydrogen-bond acceptors (Lipinski definition) is 1. The zero-order chi connectivity index (χ0) is 5.11. The lowest BCUT2D eigenvalue weighted by Gasteiger charge is -2.17. The molecule has 41 valence electrons. The lowest BCUT2D eigenvalue weighted by atomic mass is 10.0. The summed E-state index contributed by atoms with van der Waals surface area (Å²) in [6.07, 6.45) is 2.63. The Morgan fingerprint density at radius 2 is 2.43 bits per heavy atom. The highest BCUT2D eigenvalue weighted by Crippen LogP contribution is 2.06. The fourth-order valence-corrected chi connectivity index (χ4v) is 0.924. The summed E-state index contributed by atoms with van der Waals surface area (Å²) in [6.45, 7) is 6.26. The predicted octanol–water partition coefficient (Wildman–Crippen LogP) is 0.820. The first-order chi connectivity index (χ1) is 3.39. The molecule has 1 heterocycles. The summed E-state index contributed by atoms with van der Waals surface area (Å²) >= 11 is 0. The SMILES string of the molecule is [CH2][C@H]1CCCNC1. The van der Waals surface area contributed by atoms with Crippen molar-refractivity contribution in [2.45, 2.75) is 12.8 Å². The third-order valence-electron chi connectivity index (χ3n) is 1.40. The molecule has 0 spiro atoms. The maximum absolute atomic E-state index is 3.94. The van der Waals surface area contributed by atoms with Crippen LogP contribution in [-0.4, -0.2) is 13.1 Å². The normalized spacial score (nSPS) is 33.0. The minimum atomic E-state index is 0.675. The Balaban J connectivity index is 2.12. The quantitative estimate of drug-likeness (QED) is 0.473. The number of hydrogen-bond donors (Lipinski definition) is 1. The van der Waals surface area contributed by atoms with E-state index in [2.05, 4.69) is 12.2 Å². The van der Waals surface area contributed by atoms with Crippen LogP contribution in [0.15, 0.2) is 0 Å². The fraction of sp³-hybridized carbons (Fsp3) is 0.833. The van der Waals surface area contributed by atoms with Gasteiger partial charge < -0.3 is 5.32 Å². The molecule has 1 saturated heterocycles. The zero-order valence-electron chi connectivity index (χ0n) is 4.61. The summed E-state index contributed by atoms with van der Waals surface area (Å²) < 4.78 is 0. The molecule has 0 aromatic rings. The van der Waals surface area contributed by atoms with Gasteiger partial charge in [-0.15, -0.1) is 0 Å². The van der Waals surface area contributed by atoms with Gasteiger partial charge in [-0.1, -0.05) is 0 Å².